The van der Waals surface area contributed by atoms with E-state index in [1.807, 2.05) is 0 Å². The minimum Gasteiger partial charge on any atom is -0.386 e. The molecular weight excluding hydrogens is 109 g/mol. The fourth-order valence-corrected chi connectivity index (χ4v) is 0.669. The average Bonchev–Trinajstić information content (AvgIpc) is 2.13. The van der Waals surface area contributed by atoms with Gasteiger partial charge < -0.3 is 4.74 Å². The molecule has 0 aliphatic carbocycles. The van der Waals surface area contributed by atoms with Crippen molar-refractivity contribution in [3.8, 4) is 0 Å². The van der Waals surface area contributed by atoms with E-state index >= 15 is 0 Å². The van der Waals surface area contributed by atoms with Crippen molar-refractivity contribution in [2.75, 3.05) is 5.88 Å². The molecule has 4 radical (unpaired) electrons. The molecule has 1 atom stereocenters. The fraction of sp³-hybridized carbons (Fsp3) is 1.00. The Morgan fingerprint density at radius 3 is 2.14 bits per heavy atom. The first kappa shape index (κ1) is 5.52. The van der Waals surface area contributed by atoms with Crippen LogP contribution in [0.5, 0.6) is 0 Å². The molecule has 0 aromatic rings. The van der Waals surface area contributed by atoms with E-state index in [-0.39, 0.29) is 6.10 Å². The Kier molecular flexibility index (Phi) is 1.12. The van der Waals surface area contributed by atoms with Crippen molar-refractivity contribution in [1.82, 2.24) is 0 Å². The number of ether oxygens (including phenoxy) is 1. The van der Waals surface area contributed by atoms with E-state index in [1.54, 1.807) is 0 Å². The number of hydrogen-bond donors (Lipinski definition) is 0. The second-order valence-corrected chi connectivity index (χ2v) is 1.92. The number of alkyl halides is 1. The molecule has 1 unspecified atom stereocenters. The zero-order valence-electron chi connectivity index (χ0n) is 3.73. The largest absolute Gasteiger partial charge is 0.386 e. The first-order chi connectivity index (χ1) is 3.17. The summed E-state index contributed by atoms with van der Waals surface area (Å²) >= 11 is 5.30. The molecule has 0 N–H and O–H groups in total. The van der Waals surface area contributed by atoms with Crippen LogP contribution in [0.3, 0.4) is 0 Å². The Morgan fingerprint density at radius 2 is 2.14 bits per heavy atom. The molecule has 1 nitrogen and oxygen atoms in total. The Bertz CT molecular complexity index is 85.0. The molecular formula is C3H3B2ClO. The van der Waals surface area contributed by atoms with Gasteiger partial charge in [0.2, 0.25) is 0 Å². The van der Waals surface area contributed by atoms with Crippen LogP contribution in [0.4, 0.5) is 0 Å². The van der Waals surface area contributed by atoms with Crippen LogP contribution in [0.15, 0.2) is 0 Å². The normalized spacial score (nSPS) is 35.3. The van der Waals surface area contributed by atoms with E-state index in [2.05, 4.69) is 4.74 Å². The third-order valence-electron chi connectivity index (χ3n) is 0.933. The number of hydrogen-bond acceptors (Lipinski definition) is 1. The van der Waals surface area contributed by atoms with Crippen molar-refractivity contribution >= 4 is 27.3 Å². The zero-order chi connectivity index (χ0) is 5.49. The Morgan fingerprint density at radius 1 is 1.71 bits per heavy atom. The van der Waals surface area contributed by atoms with Crippen LogP contribution in [-0.4, -0.2) is 33.1 Å². The second-order valence-electron chi connectivity index (χ2n) is 1.61. The van der Waals surface area contributed by atoms with E-state index in [0.29, 0.717) is 5.88 Å². The van der Waals surface area contributed by atoms with E-state index in [1.165, 1.54) is 0 Å². The monoisotopic (exact) mass is 112 g/mol. The molecule has 0 spiro atoms. The first-order valence-corrected chi connectivity index (χ1v) is 2.52. The quantitative estimate of drug-likeness (QED) is 0.256. The topological polar surface area (TPSA) is 12.5 Å². The highest BCUT2D eigenvalue weighted by molar-refractivity contribution is 6.42. The van der Waals surface area contributed by atoms with Crippen molar-refractivity contribution < 1.29 is 4.74 Å². The SMILES string of the molecule is [B]C1([B])OC1CCl. The maximum absolute atomic E-state index is 5.30. The lowest BCUT2D eigenvalue weighted by Crippen LogP contribution is -2.14. The Labute approximate surface area is 50.2 Å². The third-order valence-corrected chi connectivity index (χ3v) is 1.21. The van der Waals surface area contributed by atoms with Gasteiger partial charge in [-0.05, 0) is 0 Å². The number of halogens is 1. The predicted octanol–water partition coefficient (Wildman–Crippen LogP) is -0.385. The summed E-state index contributed by atoms with van der Waals surface area (Å²) in [6, 6.07) is 0. The maximum Gasteiger partial charge on any atom is 0.103 e. The van der Waals surface area contributed by atoms with Crippen molar-refractivity contribution in [1.29, 1.82) is 0 Å². The van der Waals surface area contributed by atoms with Crippen molar-refractivity contribution in [2.45, 2.75) is 11.5 Å². The lowest BCUT2D eigenvalue weighted by Gasteiger charge is -1.87. The molecule has 1 saturated heterocycles. The molecule has 0 bridgehead atoms. The third kappa shape index (κ3) is 0.945. The molecule has 1 fully saturated rings. The smallest absolute Gasteiger partial charge is 0.103 e. The van der Waals surface area contributed by atoms with Gasteiger partial charge in [0.1, 0.15) is 15.7 Å². The summed E-state index contributed by atoms with van der Waals surface area (Å²) in [4.78, 5) is 0. The average molecular weight is 112 g/mol. The summed E-state index contributed by atoms with van der Waals surface area (Å²) in [5.41, 5.74) is 0. The summed E-state index contributed by atoms with van der Waals surface area (Å²) in [7, 11) is 10.4. The summed E-state index contributed by atoms with van der Waals surface area (Å²) in [6.07, 6.45) is -0.130. The van der Waals surface area contributed by atoms with Gasteiger partial charge in [0.15, 0.2) is 0 Å². The van der Waals surface area contributed by atoms with E-state index in [9.17, 15) is 0 Å². The minimum atomic E-state index is -0.915. The van der Waals surface area contributed by atoms with Crippen LogP contribution in [-0.2, 0) is 4.74 Å². The zero-order valence-corrected chi connectivity index (χ0v) is 4.48. The first-order valence-electron chi connectivity index (χ1n) is 1.98. The lowest BCUT2D eigenvalue weighted by molar-refractivity contribution is 0.399. The minimum absolute atomic E-state index is 0.130. The maximum atomic E-state index is 5.30. The summed E-state index contributed by atoms with van der Waals surface area (Å²) in [5, 5.41) is -0.915. The Hall–Kier alpha value is 0.380. The lowest BCUT2D eigenvalue weighted by atomic mass is 9.68. The van der Waals surface area contributed by atoms with E-state index < -0.39 is 5.40 Å². The van der Waals surface area contributed by atoms with Crippen LogP contribution in [0.25, 0.3) is 0 Å². The molecule has 0 saturated carbocycles. The van der Waals surface area contributed by atoms with Gasteiger partial charge >= 0.3 is 0 Å². The number of rotatable bonds is 1. The molecule has 4 heteroatoms. The van der Waals surface area contributed by atoms with Gasteiger partial charge in [0.25, 0.3) is 0 Å². The van der Waals surface area contributed by atoms with Crippen LogP contribution in [0, 0.1) is 0 Å². The second kappa shape index (κ2) is 1.43. The fourth-order valence-electron chi connectivity index (χ4n) is 0.364. The molecule has 1 aliphatic rings. The van der Waals surface area contributed by atoms with Crippen LogP contribution in [0.2, 0.25) is 0 Å². The molecule has 0 aromatic carbocycles. The van der Waals surface area contributed by atoms with Crippen molar-refractivity contribution in [3.63, 3.8) is 0 Å². The van der Waals surface area contributed by atoms with Gasteiger partial charge in [0, 0.05) is 11.3 Å². The molecule has 34 valence electrons. The van der Waals surface area contributed by atoms with E-state index in [4.69, 9.17) is 27.3 Å². The Balaban J connectivity index is 2.30. The molecule has 7 heavy (non-hydrogen) atoms. The van der Waals surface area contributed by atoms with Crippen molar-refractivity contribution in [2.24, 2.45) is 0 Å². The standard InChI is InChI=1S/C3H3B2ClO/c4-3(5)2(1-6)7-3/h2H,1H2. The van der Waals surface area contributed by atoms with Gasteiger partial charge in [0.05, 0.1) is 6.10 Å². The van der Waals surface area contributed by atoms with Crippen molar-refractivity contribution in [3.05, 3.63) is 0 Å². The molecule has 1 heterocycles. The molecule has 0 amide bonds. The summed E-state index contributed by atoms with van der Waals surface area (Å²) in [5.74, 6) is 0.382. The molecule has 1 aliphatic heterocycles. The summed E-state index contributed by atoms with van der Waals surface area (Å²) in [6.45, 7) is 0. The highest BCUT2D eigenvalue weighted by atomic mass is 35.5. The molecule has 0 aromatic heterocycles. The molecule has 1 rings (SSSR count). The number of epoxide rings is 1. The highest BCUT2D eigenvalue weighted by Crippen LogP contribution is 2.29. The van der Waals surface area contributed by atoms with Crippen LogP contribution < -0.4 is 0 Å². The summed E-state index contributed by atoms with van der Waals surface area (Å²) < 4.78 is 4.68. The highest BCUT2D eigenvalue weighted by Gasteiger charge is 2.44. The van der Waals surface area contributed by atoms with Gasteiger partial charge in [-0.15, -0.1) is 11.6 Å². The van der Waals surface area contributed by atoms with E-state index in [0.717, 1.165) is 0 Å². The van der Waals surface area contributed by atoms with Gasteiger partial charge in [-0.1, -0.05) is 0 Å². The van der Waals surface area contributed by atoms with Crippen LogP contribution >= 0.6 is 11.6 Å². The van der Waals surface area contributed by atoms with Gasteiger partial charge in [-0.2, -0.15) is 0 Å². The predicted molar refractivity (Wildman–Crippen MR) is 29.8 cm³/mol. The van der Waals surface area contributed by atoms with Gasteiger partial charge in [-0.25, -0.2) is 0 Å². The van der Waals surface area contributed by atoms with Gasteiger partial charge in [-0.3, -0.25) is 0 Å². The van der Waals surface area contributed by atoms with Crippen LogP contribution in [0.1, 0.15) is 0 Å².